The Bertz CT molecular complexity index is 1090. The Morgan fingerprint density at radius 1 is 1.03 bits per heavy atom. The molecule has 0 unspecified atom stereocenters. The Labute approximate surface area is 211 Å². The Balaban J connectivity index is 1.54. The third-order valence-corrected chi connectivity index (χ3v) is 6.82. The van der Waals surface area contributed by atoms with E-state index in [4.69, 9.17) is 14.2 Å². The van der Waals surface area contributed by atoms with E-state index >= 15 is 0 Å². The molecule has 2 fully saturated rings. The van der Waals surface area contributed by atoms with E-state index in [0.29, 0.717) is 56.0 Å². The molecule has 2 aromatic rings. The molecule has 0 saturated carbocycles. The number of piperidine rings is 1. The van der Waals surface area contributed by atoms with Gasteiger partial charge in [0.05, 0.1) is 20.3 Å². The van der Waals surface area contributed by atoms with Gasteiger partial charge in [-0.2, -0.15) is 0 Å². The molecule has 0 radical (unpaired) electrons. The summed E-state index contributed by atoms with van der Waals surface area (Å²) in [6.07, 6.45) is 0.822. The van der Waals surface area contributed by atoms with Crippen molar-refractivity contribution < 1.29 is 28.6 Å². The molecule has 9 heteroatoms. The van der Waals surface area contributed by atoms with Crippen molar-refractivity contribution in [1.82, 2.24) is 15.1 Å². The first kappa shape index (κ1) is 25.7. The molecule has 9 nitrogen and oxygen atoms in total. The molecule has 0 bridgehead atoms. The number of ether oxygens (including phenoxy) is 3. The Morgan fingerprint density at radius 3 is 2.39 bits per heavy atom. The molecule has 36 heavy (non-hydrogen) atoms. The lowest BCUT2D eigenvalue weighted by Crippen LogP contribution is -2.60. The maximum Gasteiger partial charge on any atom is 0.256 e. The molecule has 1 spiro atoms. The highest BCUT2D eigenvalue weighted by molar-refractivity contribution is 5.99. The maximum absolute atomic E-state index is 13.8. The van der Waals surface area contributed by atoms with Crippen molar-refractivity contribution in [3.63, 3.8) is 0 Å². The number of nitrogens with zero attached hydrogens (tertiary/aromatic N) is 2. The second kappa shape index (κ2) is 11.1. The van der Waals surface area contributed by atoms with Crippen LogP contribution in [0, 0.1) is 6.92 Å². The quantitative estimate of drug-likeness (QED) is 0.592. The molecule has 1 atom stereocenters. The van der Waals surface area contributed by atoms with Crippen LogP contribution in [-0.4, -0.2) is 86.4 Å². The molecular weight excluding hydrogens is 462 g/mol. The zero-order valence-corrected chi connectivity index (χ0v) is 21.0. The summed E-state index contributed by atoms with van der Waals surface area (Å²) in [6, 6.07) is 13.6. The highest BCUT2D eigenvalue weighted by atomic mass is 16.5. The van der Waals surface area contributed by atoms with Gasteiger partial charge in [-0.25, -0.2) is 0 Å². The second-order valence-electron chi connectivity index (χ2n) is 9.12. The molecule has 3 amide bonds. The Hall–Kier alpha value is -3.43. The Kier molecular flexibility index (Phi) is 7.91. The zero-order valence-electron chi connectivity index (χ0n) is 21.0. The third-order valence-electron chi connectivity index (χ3n) is 6.82. The summed E-state index contributed by atoms with van der Waals surface area (Å²) in [5.74, 6) is 0.0687. The summed E-state index contributed by atoms with van der Waals surface area (Å²) >= 11 is 0. The predicted molar refractivity (Wildman–Crippen MR) is 133 cm³/mol. The average Bonchev–Trinajstić information content (AvgIpc) is 3.27. The zero-order chi connectivity index (χ0) is 25.7. The van der Waals surface area contributed by atoms with Gasteiger partial charge in [0.1, 0.15) is 17.5 Å². The number of likely N-dealkylation sites (tertiary alicyclic amines) is 1. The van der Waals surface area contributed by atoms with Gasteiger partial charge in [-0.3, -0.25) is 19.3 Å². The average molecular weight is 496 g/mol. The molecule has 2 heterocycles. The van der Waals surface area contributed by atoms with E-state index < -0.39 is 11.8 Å². The first-order valence-electron chi connectivity index (χ1n) is 12.1. The molecule has 0 aliphatic carbocycles. The minimum Gasteiger partial charge on any atom is -0.497 e. The summed E-state index contributed by atoms with van der Waals surface area (Å²) in [5, 5.41) is 2.84. The highest BCUT2D eigenvalue weighted by Gasteiger charge is 2.54. The number of benzene rings is 2. The van der Waals surface area contributed by atoms with Gasteiger partial charge in [0, 0.05) is 50.7 Å². The summed E-state index contributed by atoms with van der Waals surface area (Å²) in [6.45, 7) is 3.54. The standard InChI is InChI=1S/C27H33N3O6/c1-19-5-4-6-21(17-19)26(33)30-23(24(31)28-13-16-34-2)18-36-27(30)11-14-29(15-12-27)25(32)20-7-9-22(35-3)10-8-20/h4-10,17,23H,11-16,18H2,1-3H3,(H,28,31)/t23-/m1/s1. The lowest BCUT2D eigenvalue weighted by atomic mass is 9.95. The van der Waals surface area contributed by atoms with E-state index in [2.05, 4.69) is 5.32 Å². The highest BCUT2D eigenvalue weighted by Crippen LogP contribution is 2.39. The van der Waals surface area contributed by atoms with Gasteiger partial charge in [-0.05, 0) is 43.3 Å². The fourth-order valence-corrected chi connectivity index (χ4v) is 4.85. The number of hydrogen-bond donors (Lipinski definition) is 1. The minimum absolute atomic E-state index is 0.0871. The number of nitrogens with one attached hydrogen (secondary N) is 1. The van der Waals surface area contributed by atoms with Crippen molar-refractivity contribution in [2.45, 2.75) is 31.5 Å². The van der Waals surface area contributed by atoms with Crippen molar-refractivity contribution in [2.24, 2.45) is 0 Å². The smallest absolute Gasteiger partial charge is 0.256 e. The number of hydrogen-bond acceptors (Lipinski definition) is 6. The van der Waals surface area contributed by atoms with Crippen molar-refractivity contribution in [2.75, 3.05) is 47.1 Å². The number of carbonyl (C=O) groups excluding carboxylic acids is 3. The SMILES string of the molecule is COCCNC(=O)[C@H]1COC2(CCN(C(=O)c3ccc(OC)cc3)CC2)N1C(=O)c1cccc(C)c1. The van der Waals surface area contributed by atoms with Crippen molar-refractivity contribution in [3.8, 4) is 5.75 Å². The normalized spacial score (nSPS) is 18.8. The third kappa shape index (κ3) is 5.22. The number of carbonyl (C=O) groups is 3. The van der Waals surface area contributed by atoms with Crippen LogP contribution < -0.4 is 10.1 Å². The summed E-state index contributed by atoms with van der Waals surface area (Å²) in [4.78, 5) is 43.3. The van der Waals surface area contributed by atoms with Gasteiger partial charge in [-0.15, -0.1) is 0 Å². The van der Waals surface area contributed by atoms with Gasteiger partial charge in [0.25, 0.3) is 11.8 Å². The van der Waals surface area contributed by atoms with Crippen LogP contribution in [0.5, 0.6) is 5.75 Å². The van der Waals surface area contributed by atoms with Gasteiger partial charge in [0.2, 0.25) is 5.91 Å². The summed E-state index contributed by atoms with van der Waals surface area (Å²) in [5.41, 5.74) is 1.07. The van der Waals surface area contributed by atoms with Crippen LogP contribution in [0.3, 0.4) is 0 Å². The van der Waals surface area contributed by atoms with Gasteiger partial charge in [0.15, 0.2) is 0 Å². The van der Waals surface area contributed by atoms with Crippen LogP contribution in [0.1, 0.15) is 39.1 Å². The number of methoxy groups -OCH3 is 2. The second-order valence-corrected chi connectivity index (χ2v) is 9.12. The van der Waals surface area contributed by atoms with Crippen LogP contribution >= 0.6 is 0 Å². The summed E-state index contributed by atoms with van der Waals surface area (Å²) in [7, 11) is 3.14. The molecular formula is C27H33N3O6. The van der Waals surface area contributed by atoms with Crippen LogP contribution in [-0.2, 0) is 14.3 Å². The van der Waals surface area contributed by atoms with Crippen LogP contribution in [0.25, 0.3) is 0 Å². The van der Waals surface area contributed by atoms with Gasteiger partial charge < -0.3 is 24.4 Å². The molecule has 0 aromatic heterocycles. The Morgan fingerprint density at radius 2 is 1.75 bits per heavy atom. The van der Waals surface area contributed by atoms with E-state index in [1.807, 2.05) is 25.1 Å². The lowest BCUT2D eigenvalue weighted by molar-refractivity contribution is -0.128. The fourth-order valence-electron chi connectivity index (χ4n) is 4.85. The first-order chi connectivity index (χ1) is 17.4. The number of aryl methyl sites for hydroxylation is 1. The van der Waals surface area contributed by atoms with E-state index in [9.17, 15) is 14.4 Å². The molecule has 2 aliphatic rings. The molecule has 2 aromatic carbocycles. The van der Waals surface area contributed by atoms with Crippen LogP contribution in [0.2, 0.25) is 0 Å². The molecule has 2 saturated heterocycles. The molecule has 1 N–H and O–H groups in total. The topological polar surface area (TPSA) is 97.4 Å². The molecule has 2 aliphatic heterocycles. The van der Waals surface area contributed by atoms with Gasteiger partial charge >= 0.3 is 0 Å². The van der Waals surface area contributed by atoms with Crippen molar-refractivity contribution >= 4 is 17.7 Å². The van der Waals surface area contributed by atoms with Crippen molar-refractivity contribution in [3.05, 3.63) is 65.2 Å². The molecule has 4 rings (SSSR count). The fraction of sp³-hybridized carbons (Fsp3) is 0.444. The maximum atomic E-state index is 13.8. The molecule has 192 valence electrons. The number of amides is 3. The van der Waals surface area contributed by atoms with Crippen LogP contribution in [0.4, 0.5) is 0 Å². The lowest BCUT2D eigenvalue weighted by Gasteiger charge is -2.44. The van der Waals surface area contributed by atoms with Crippen molar-refractivity contribution in [1.29, 1.82) is 0 Å². The van der Waals surface area contributed by atoms with E-state index in [1.54, 1.807) is 54.4 Å². The minimum atomic E-state index is -0.958. The van der Waals surface area contributed by atoms with E-state index in [1.165, 1.54) is 0 Å². The monoisotopic (exact) mass is 495 g/mol. The van der Waals surface area contributed by atoms with E-state index in [-0.39, 0.29) is 24.3 Å². The summed E-state index contributed by atoms with van der Waals surface area (Å²) < 4.78 is 16.4. The number of rotatable bonds is 7. The largest absolute Gasteiger partial charge is 0.497 e. The first-order valence-corrected chi connectivity index (χ1v) is 12.1. The van der Waals surface area contributed by atoms with E-state index in [0.717, 1.165) is 5.56 Å². The predicted octanol–water partition coefficient (Wildman–Crippen LogP) is 2.24. The van der Waals surface area contributed by atoms with Gasteiger partial charge in [-0.1, -0.05) is 17.7 Å². The van der Waals surface area contributed by atoms with Crippen LogP contribution in [0.15, 0.2) is 48.5 Å².